The highest BCUT2D eigenvalue weighted by Crippen LogP contribution is 2.25. The molecule has 25 heavy (non-hydrogen) atoms. The molecule has 4 heteroatoms. The predicted octanol–water partition coefficient (Wildman–Crippen LogP) is 3.85. The van der Waals surface area contributed by atoms with E-state index in [4.69, 9.17) is 4.74 Å². The number of likely N-dealkylation sites (N-methyl/N-ethyl adjacent to an activating group) is 1. The summed E-state index contributed by atoms with van der Waals surface area (Å²) in [6.45, 7) is 1.34. The molecule has 0 aliphatic rings. The molecule has 1 unspecified atom stereocenters. The van der Waals surface area contributed by atoms with Crippen molar-refractivity contribution in [2.75, 3.05) is 20.2 Å². The van der Waals surface area contributed by atoms with Crippen molar-refractivity contribution in [2.45, 2.75) is 12.6 Å². The topological polar surface area (TPSA) is 32.7 Å². The summed E-state index contributed by atoms with van der Waals surface area (Å²) >= 11 is 0. The zero-order chi connectivity index (χ0) is 17.6. The number of fused-ring (bicyclic) bond motifs is 1. The van der Waals surface area contributed by atoms with Crippen LogP contribution in [0.4, 0.5) is 4.39 Å². The molecule has 130 valence electrons. The monoisotopic (exact) mass is 339 g/mol. The van der Waals surface area contributed by atoms with Crippen LogP contribution in [0.1, 0.15) is 5.56 Å². The van der Waals surface area contributed by atoms with Gasteiger partial charge in [-0.25, -0.2) is 4.39 Å². The quantitative estimate of drug-likeness (QED) is 0.710. The van der Waals surface area contributed by atoms with E-state index in [1.807, 2.05) is 54.4 Å². The van der Waals surface area contributed by atoms with Crippen molar-refractivity contribution in [3.63, 3.8) is 0 Å². The van der Waals surface area contributed by atoms with Crippen LogP contribution in [-0.2, 0) is 6.54 Å². The zero-order valence-corrected chi connectivity index (χ0v) is 14.2. The molecule has 3 aromatic carbocycles. The van der Waals surface area contributed by atoms with E-state index in [2.05, 4.69) is 0 Å². The number of rotatable bonds is 7. The Kier molecular flexibility index (Phi) is 5.64. The van der Waals surface area contributed by atoms with E-state index < -0.39 is 6.10 Å². The summed E-state index contributed by atoms with van der Waals surface area (Å²) in [6, 6.07) is 20.3. The number of hydrogen-bond acceptors (Lipinski definition) is 3. The Balaban J connectivity index is 1.53. The highest BCUT2D eigenvalue weighted by Gasteiger charge is 2.11. The number of aliphatic hydroxyl groups excluding tert-OH is 1. The third kappa shape index (κ3) is 4.78. The Morgan fingerprint density at radius 3 is 2.52 bits per heavy atom. The van der Waals surface area contributed by atoms with Gasteiger partial charge in [-0.2, -0.15) is 0 Å². The molecule has 0 saturated carbocycles. The van der Waals surface area contributed by atoms with E-state index in [1.54, 1.807) is 12.1 Å². The average molecular weight is 339 g/mol. The van der Waals surface area contributed by atoms with Gasteiger partial charge in [-0.15, -0.1) is 0 Å². The Labute approximate surface area is 147 Å². The van der Waals surface area contributed by atoms with Crippen molar-refractivity contribution in [3.05, 3.63) is 78.1 Å². The van der Waals surface area contributed by atoms with Gasteiger partial charge in [-0.1, -0.05) is 48.5 Å². The van der Waals surface area contributed by atoms with Crippen LogP contribution in [0.15, 0.2) is 66.7 Å². The minimum atomic E-state index is -0.607. The minimum absolute atomic E-state index is 0.224. The average Bonchev–Trinajstić information content (AvgIpc) is 2.62. The Morgan fingerprint density at radius 2 is 1.72 bits per heavy atom. The molecule has 0 aromatic heterocycles. The Morgan fingerprint density at radius 1 is 1.00 bits per heavy atom. The summed E-state index contributed by atoms with van der Waals surface area (Å²) in [4.78, 5) is 1.99. The lowest BCUT2D eigenvalue weighted by atomic mass is 10.1. The molecule has 3 nitrogen and oxygen atoms in total. The molecule has 3 aromatic rings. The van der Waals surface area contributed by atoms with Crippen molar-refractivity contribution in [3.8, 4) is 5.75 Å². The van der Waals surface area contributed by atoms with Crippen LogP contribution >= 0.6 is 0 Å². The summed E-state index contributed by atoms with van der Waals surface area (Å²) in [5.41, 5.74) is 1.01. The smallest absolute Gasteiger partial charge is 0.127 e. The molecule has 1 atom stereocenters. The maximum atomic E-state index is 12.9. The van der Waals surface area contributed by atoms with Crippen molar-refractivity contribution >= 4 is 10.8 Å². The highest BCUT2D eigenvalue weighted by molar-refractivity contribution is 5.88. The summed E-state index contributed by atoms with van der Waals surface area (Å²) in [7, 11) is 1.92. The summed E-state index contributed by atoms with van der Waals surface area (Å²) < 4.78 is 18.8. The van der Waals surface area contributed by atoms with Crippen LogP contribution in [0.3, 0.4) is 0 Å². The number of ether oxygens (including phenoxy) is 1. The lowest BCUT2D eigenvalue weighted by Crippen LogP contribution is -2.32. The fourth-order valence-electron chi connectivity index (χ4n) is 2.89. The number of hydrogen-bond donors (Lipinski definition) is 1. The fourth-order valence-corrected chi connectivity index (χ4v) is 2.89. The van der Waals surface area contributed by atoms with Gasteiger partial charge in [0.25, 0.3) is 0 Å². The predicted molar refractivity (Wildman–Crippen MR) is 98.2 cm³/mol. The van der Waals surface area contributed by atoms with Crippen molar-refractivity contribution in [2.24, 2.45) is 0 Å². The van der Waals surface area contributed by atoms with Gasteiger partial charge in [0, 0.05) is 18.5 Å². The third-order valence-electron chi connectivity index (χ3n) is 4.07. The second-order valence-electron chi connectivity index (χ2n) is 6.27. The van der Waals surface area contributed by atoms with Gasteiger partial charge in [-0.3, -0.25) is 4.90 Å². The number of halogens is 1. The molecule has 0 heterocycles. The molecule has 0 fully saturated rings. The van der Waals surface area contributed by atoms with Crippen LogP contribution in [0.2, 0.25) is 0 Å². The largest absolute Gasteiger partial charge is 0.490 e. The molecule has 0 saturated heterocycles. The highest BCUT2D eigenvalue weighted by atomic mass is 19.1. The van der Waals surface area contributed by atoms with Gasteiger partial charge in [0.05, 0.1) is 0 Å². The molecular weight excluding hydrogens is 317 g/mol. The van der Waals surface area contributed by atoms with Gasteiger partial charge in [0.15, 0.2) is 0 Å². The van der Waals surface area contributed by atoms with Crippen molar-refractivity contribution in [1.29, 1.82) is 0 Å². The number of benzene rings is 3. The maximum Gasteiger partial charge on any atom is 0.127 e. The van der Waals surface area contributed by atoms with Crippen LogP contribution in [0, 0.1) is 5.82 Å². The molecule has 0 aliphatic carbocycles. The Bertz CT molecular complexity index is 814. The zero-order valence-electron chi connectivity index (χ0n) is 14.2. The molecule has 3 rings (SSSR count). The molecule has 0 bridgehead atoms. The maximum absolute atomic E-state index is 12.9. The van der Waals surface area contributed by atoms with E-state index >= 15 is 0 Å². The molecule has 0 spiro atoms. The number of aliphatic hydroxyl groups is 1. The third-order valence-corrected chi connectivity index (χ3v) is 4.07. The van der Waals surface area contributed by atoms with E-state index in [0.29, 0.717) is 13.1 Å². The van der Waals surface area contributed by atoms with Gasteiger partial charge >= 0.3 is 0 Å². The van der Waals surface area contributed by atoms with Gasteiger partial charge < -0.3 is 9.84 Å². The second kappa shape index (κ2) is 8.10. The summed E-state index contributed by atoms with van der Waals surface area (Å²) in [5, 5.41) is 12.4. The van der Waals surface area contributed by atoms with Crippen LogP contribution < -0.4 is 4.74 Å². The van der Waals surface area contributed by atoms with Gasteiger partial charge in [-0.05, 0) is 36.2 Å². The fraction of sp³-hybridized carbons (Fsp3) is 0.238. The van der Waals surface area contributed by atoms with E-state index in [1.165, 1.54) is 12.1 Å². The second-order valence-corrected chi connectivity index (χ2v) is 6.27. The lowest BCUT2D eigenvalue weighted by Gasteiger charge is -2.21. The van der Waals surface area contributed by atoms with Crippen molar-refractivity contribution < 1.29 is 14.2 Å². The number of nitrogens with zero attached hydrogens (tertiary/aromatic N) is 1. The lowest BCUT2D eigenvalue weighted by molar-refractivity contribution is 0.0750. The first-order chi connectivity index (χ1) is 12.1. The summed E-state index contributed by atoms with van der Waals surface area (Å²) in [5.74, 6) is 0.535. The molecule has 0 radical (unpaired) electrons. The normalized spacial score (nSPS) is 12.5. The molecular formula is C21H22FNO2. The molecule has 0 amide bonds. The van der Waals surface area contributed by atoms with Gasteiger partial charge in [0.1, 0.15) is 24.3 Å². The van der Waals surface area contributed by atoms with E-state index in [-0.39, 0.29) is 12.4 Å². The standard InChI is InChI=1S/C21H22FNO2/c1-23(13-16-9-11-18(22)12-10-16)14-19(24)15-25-21-8-4-6-17-5-2-3-7-20(17)21/h2-12,19,24H,13-15H2,1H3. The molecule has 1 N–H and O–H groups in total. The van der Waals surface area contributed by atoms with Crippen LogP contribution in [0.5, 0.6) is 5.75 Å². The van der Waals surface area contributed by atoms with E-state index in [0.717, 1.165) is 22.1 Å². The Hall–Kier alpha value is -2.43. The van der Waals surface area contributed by atoms with Gasteiger partial charge in [0.2, 0.25) is 0 Å². The molecule has 0 aliphatic heterocycles. The first kappa shape index (κ1) is 17.4. The summed E-state index contributed by atoms with van der Waals surface area (Å²) in [6.07, 6.45) is -0.607. The minimum Gasteiger partial charge on any atom is -0.490 e. The SMILES string of the molecule is CN(Cc1ccc(F)cc1)CC(O)COc1cccc2ccccc12. The van der Waals surface area contributed by atoms with Crippen LogP contribution in [0.25, 0.3) is 10.8 Å². The first-order valence-corrected chi connectivity index (χ1v) is 8.33. The van der Waals surface area contributed by atoms with E-state index in [9.17, 15) is 9.50 Å². The van der Waals surface area contributed by atoms with Crippen LogP contribution in [-0.4, -0.2) is 36.3 Å². The first-order valence-electron chi connectivity index (χ1n) is 8.33. The van der Waals surface area contributed by atoms with Crippen molar-refractivity contribution in [1.82, 2.24) is 4.90 Å².